The molecule has 1 aromatic carbocycles. The minimum atomic E-state index is -0.124. The van der Waals surface area contributed by atoms with E-state index in [0.29, 0.717) is 11.8 Å². The van der Waals surface area contributed by atoms with Gasteiger partial charge in [-0.2, -0.15) is 0 Å². The van der Waals surface area contributed by atoms with Crippen LogP contribution in [-0.2, 0) is 4.79 Å². The van der Waals surface area contributed by atoms with Gasteiger partial charge in [0.05, 0.1) is 0 Å². The fourth-order valence-corrected chi connectivity index (χ4v) is 3.98. The van der Waals surface area contributed by atoms with Crippen molar-refractivity contribution in [2.24, 2.45) is 0 Å². The summed E-state index contributed by atoms with van der Waals surface area (Å²) < 4.78 is 0. The molecule has 2 fully saturated rings. The SMILES string of the molecule is CC(C)c1ccc(C(C(=O)N2CCCCCC2)N2CCNCC2)cc1. The molecule has 1 amide bonds. The fraction of sp³-hybridized carbons (Fsp3) is 0.667. The van der Waals surface area contributed by atoms with E-state index in [2.05, 4.69) is 53.2 Å². The molecule has 0 aromatic heterocycles. The Balaban J connectivity index is 1.84. The molecule has 0 spiro atoms. The lowest BCUT2D eigenvalue weighted by atomic mass is 9.97. The molecule has 1 aromatic rings. The van der Waals surface area contributed by atoms with Crippen molar-refractivity contribution in [2.45, 2.75) is 51.5 Å². The normalized spacial score (nSPS) is 21.2. The molecular weight excluding hydrogens is 310 g/mol. The van der Waals surface area contributed by atoms with E-state index >= 15 is 0 Å². The molecule has 2 heterocycles. The summed E-state index contributed by atoms with van der Waals surface area (Å²) in [6.07, 6.45) is 4.80. The lowest BCUT2D eigenvalue weighted by molar-refractivity contribution is -0.137. The number of piperazine rings is 1. The highest BCUT2D eigenvalue weighted by atomic mass is 16.2. The first-order valence-electron chi connectivity index (χ1n) is 10.0. The van der Waals surface area contributed by atoms with Crippen LogP contribution >= 0.6 is 0 Å². The Labute approximate surface area is 152 Å². The molecule has 0 bridgehead atoms. The first-order valence-corrected chi connectivity index (χ1v) is 10.0. The fourth-order valence-electron chi connectivity index (χ4n) is 3.98. The summed E-state index contributed by atoms with van der Waals surface area (Å²) in [5.41, 5.74) is 2.49. The minimum Gasteiger partial charge on any atom is -0.341 e. The Morgan fingerprint density at radius 2 is 1.44 bits per heavy atom. The van der Waals surface area contributed by atoms with Crippen LogP contribution < -0.4 is 5.32 Å². The van der Waals surface area contributed by atoms with Gasteiger partial charge >= 0.3 is 0 Å². The quantitative estimate of drug-likeness (QED) is 0.912. The molecule has 2 aliphatic heterocycles. The highest BCUT2D eigenvalue weighted by Gasteiger charge is 2.32. The lowest BCUT2D eigenvalue weighted by Gasteiger charge is -2.37. The van der Waals surface area contributed by atoms with Crippen LogP contribution in [0.1, 0.15) is 62.6 Å². The van der Waals surface area contributed by atoms with Crippen molar-refractivity contribution in [2.75, 3.05) is 39.3 Å². The lowest BCUT2D eigenvalue weighted by Crippen LogP contribution is -2.50. The van der Waals surface area contributed by atoms with Gasteiger partial charge in [-0.05, 0) is 29.9 Å². The molecule has 1 atom stereocenters. The molecule has 0 radical (unpaired) electrons. The Morgan fingerprint density at radius 3 is 2.00 bits per heavy atom. The predicted octanol–water partition coefficient (Wildman–Crippen LogP) is 3.16. The molecule has 3 rings (SSSR count). The van der Waals surface area contributed by atoms with E-state index in [9.17, 15) is 4.79 Å². The number of hydrogen-bond acceptors (Lipinski definition) is 3. The average Bonchev–Trinajstić information content (AvgIpc) is 2.93. The number of hydrogen-bond donors (Lipinski definition) is 1. The van der Waals surface area contributed by atoms with Gasteiger partial charge < -0.3 is 10.2 Å². The maximum atomic E-state index is 13.4. The Morgan fingerprint density at radius 1 is 0.880 bits per heavy atom. The number of carbonyl (C=O) groups is 1. The van der Waals surface area contributed by atoms with Crippen LogP contribution in [0, 0.1) is 0 Å². The van der Waals surface area contributed by atoms with Crippen LogP contribution in [0.15, 0.2) is 24.3 Å². The van der Waals surface area contributed by atoms with Gasteiger partial charge in [0.15, 0.2) is 0 Å². The third-order valence-corrected chi connectivity index (χ3v) is 5.59. The number of benzene rings is 1. The van der Waals surface area contributed by atoms with Crippen molar-refractivity contribution < 1.29 is 4.79 Å². The van der Waals surface area contributed by atoms with E-state index in [1.165, 1.54) is 18.4 Å². The Bertz CT molecular complexity index is 541. The van der Waals surface area contributed by atoms with Gasteiger partial charge in [-0.3, -0.25) is 9.69 Å². The van der Waals surface area contributed by atoms with Crippen molar-refractivity contribution in [1.29, 1.82) is 0 Å². The summed E-state index contributed by atoms with van der Waals surface area (Å²) in [4.78, 5) is 17.9. The summed E-state index contributed by atoms with van der Waals surface area (Å²) >= 11 is 0. The van der Waals surface area contributed by atoms with Crippen molar-refractivity contribution in [1.82, 2.24) is 15.1 Å². The first kappa shape index (κ1) is 18.4. The number of carbonyl (C=O) groups excluding carboxylic acids is 1. The maximum absolute atomic E-state index is 13.4. The van der Waals surface area contributed by atoms with Gasteiger partial charge in [0, 0.05) is 39.3 Å². The second-order valence-electron chi connectivity index (χ2n) is 7.75. The van der Waals surface area contributed by atoms with Crippen LogP contribution in [0.3, 0.4) is 0 Å². The molecule has 0 saturated carbocycles. The summed E-state index contributed by atoms with van der Waals surface area (Å²) in [5, 5.41) is 3.41. The van der Waals surface area contributed by atoms with E-state index in [0.717, 1.165) is 57.7 Å². The molecule has 25 heavy (non-hydrogen) atoms. The van der Waals surface area contributed by atoms with Gasteiger partial charge in [-0.1, -0.05) is 51.0 Å². The van der Waals surface area contributed by atoms with Crippen LogP contribution in [0.2, 0.25) is 0 Å². The number of nitrogens with zero attached hydrogens (tertiary/aromatic N) is 2. The van der Waals surface area contributed by atoms with Crippen LogP contribution in [0.25, 0.3) is 0 Å². The van der Waals surface area contributed by atoms with Crippen LogP contribution in [-0.4, -0.2) is 55.0 Å². The zero-order valence-electron chi connectivity index (χ0n) is 15.8. The Kier molecular flexibility index (Phi) is 6.49. The monoisotopic (exact) mass is 343 g/mol. The smallest absolute Gasteiger partial charge is 0.244 e. The van der Waals surface area contributed by atoms with Crippen molar-refractivity contribution >= 4 is 5.91 Å². The summed E-state index contributed by atoms with van der Waals surface area (Å²) in [6, 6.07) is 8.63. The predicted molar refractivity (Wildman–Crippen MR) is 103 cm³/mol. The summed E-state index contributed by atoms with van der Waals surface area (Å²) in [7, 11) is 0. The van der Waals surface area contributed by atoms with Gasteiger partial charge in [0.2, 0.25) is 5.91 Å². The third-order valence-electron chi connectivity index (χ3n) is 5.59. The van der Waals surface area contributed by atoms with Gasteiger partial charge in [0.25, 0.3) is 0 Å². The molecule has 2 saturated heterocycles. The molecule has 0 aliphatic carbocycles. The largest absolute Gasteiger partial charge is 0.341 e. The van der Waals surface area contributed by atoms with Crippen LogP contribution in [0.5, 0.6) is 0 Å². The zero-order chi connectivity index (χ0) is 17.6. The molecule has 4 nitrogen and oxygen atoms in total. The van der Waals surface area contributed by atoms with E-state index < -0.39 is 0 Å². The molecule has 138 valence electrons. The van der Waals surface area contributed by atoms with Crippen LogP contribution in [0.4, 0.5) is 0 Å². The van der Waals surface area contributed by atoms with Crippen molar-refractivity contribution in [3.63, 3.8) is 0 Å². The molecule has 1 N–H and O–H groups in total. The average molecular weight is 344 g/mol. The molecule has 4 heteroatoms. The zero-order valence-corrected chi connectivity index (χ0v) is 15.8. The topological polar surface area (TPSA) is 35.6 Å². The highest BCUT2D eigenvalue weighted by Crippen LogP contribution is 2.27. The second kappa shape index (κ2) is 8.81. The Hall–Kier alpha value is -1.39. The van der Waals surface area contributed by atoms with Crippen molar-refractivity contribution in [3.05, 3.63) is 35.4 Å². The molecule has 1 unspecified atom stereocenters. The maximum Gasteiger partial charge on any atom is 0.244 e. The minimum absolute atomic E-state index is 0.124. The van der Waals surface area contributed by atoms with E-state index in [-0.39, 0.29) is 6.04 Å². The number of likely N-dealkylation sites (tertiary alicyclic amines) is 1. The van der Waals surface area contributed by atoms with E-state index in [1.807, 2.05) is 0 Å². The standard InChI is InChI=1S/C21H33N3O/c1-17(2)18-7-9-19(10-8-18)20(23-15-11-22-12-16-23)21(25)24-13-5-3-4-6-14-24/h7-10,17,20,22H,3-6,11-16H2,1-2H3. The molecular formula is C21H33N3O. The highest BCUT2D eigenvalue weighted by molar-refractivity contribution is 5.83. The van der Waals surface area contributed by atoms with E-state index in [4.69, 9.17) is 0 Å². The first-order chi connectivity index (χ1) is 12.2. The second-order valence-corrected chi connectivity index (χ2v) is 7.75. The number of rotatable bonds is 4. The number of nitrogens with one attached hydrogen (secondary N) is 1. The number of amides is 1. The van der Waals surface area contributed by atoms with Gasteiger partial charge in [-0.25, -0.2) is 0 Å². The van der Waals surface area contributed by atoms with Gasteiger partial charge in [-0.15, -0.1) is 0 Å². The van der Waals surface area contributed by atoms with E-state index in [1.54, 1.807) is 0 Å². The summed E-state index contributed by atoms with van der Waals surface area (Å²) in [5.74, 6) is 0.828. The van der Waals surface area contributed by atoms with Crippen molar-refractivity contribution in [3.8, 4) is 0 Å². The third kappa shape index (κ3) is 4.62. The molecule has 2 aliphatic rings. The summed E-state index contributed by atoms with van der Waals surface area (Å²) in [6.45, 7) is 10.1. The van der Waals surface area contributed by atoms with Gasteiger partial charge in [0.1, 0.15) is 6.04 Å².